The second-order valence-electron chi connectivity index (χ2n) is 5.46. The summed E-state index contributed by atoms with van der Waals surface area (Å²) in [7, 11) is 3.64. The molecule has 0 aliphatic carbocycles. The molecule has 2 heterocycles. The number of hydrogen-bond donors (Lipinski definition) is 2. The molecule has 1 aliphatic heterocycles. The number of aromatic nitrogens is 3. The molecule has 116 valence electrons. The van der Waals surface area contributed by atoms with Crippen molar-refractivity contribution in [2.75, 3.05) is 43.1 Å². The fraction of sp³-hybridized carbons (Fsp3) is 0.692. The lowest BCUT2D eigenvalue weighted by atomic mass is 10.1. The number of piperidine rings is 1. The van der Waals surface area contributed by atoms with Crippen molar-refractivity contribution >= 4 is 23.8 Å². The van der Waals surface area contributed by atoms with E-state index in [1.807, 2.05) is 25.9 Å². The molecule has 3 N–H and O–H groups in total. The number of nitrogen functional groups attached to an aromatic ring is 1. The van der Waals surface area contributed by atoms with Crippen molar-refractivity contribution in [2.24, 2.45) is 0 Å². The zero-order chi connectivity index (χ0) is 15.4. The van der Waals surface area contributed by atoms with Crippen molar-refractivity contribution < 1.29 is 4.79 Å². The zero-order valence-electron chi connectivity index (χ0n) is 12.8. The van der Waals surface area contributed by atoms with Crippen LogP contribution in [0.4, 0.5) is 17.8 Å². The highest BCUT2D eigenvalue weighted by atomic mass is 16.2. The number of carbonyl (C=O) groups excluding carboxylic acids is 1. The van der Waals surface area contributed by atoms with Crippen LogP contribution in [0.25, 0.3) is 0 Å². The fourth-order valence-corrected chi connectivity index (χ4v) is 2.29. The lowest BCUT2D eigenvalue weighted by Crippen LogP contribution is -2.44. The highest BCUT2D eigenvalue weighted by Crippen LogP contribution is 2.13. The standard InChI is InChI=1S/C13H23N7O/c1-9(10(21)20-7-5-4-6-8-20)15-12-16-11(14)17-13(18-12)19(2)3/h9H,4-8H2,1-3H3,(H3,14,15,16,17,18). The normalized spacial score (nSPS) is 16.4. The average molecular weight is 293 g/mol. The van der Waals surface area contributed by atoms with Crippen molar-refractivity contribution in [3.8, 4) is 0 Å². The molecule has 0 aromatic carbocycles. The van der Waals surface area contributed by atoms with Crippen LogP contribution in [0.5, 0.6) is 0 Å². The summed E-state index contributed by atoms with van der Waals surface area (Å²) >= 11 is 0. The van der Waals surface area contributed by atoms with E-state index < -0.39 is 0 Å². The Labute approximate surface area is 124 Å². The monoisotopic (exact) mass is 293 g/mol. The minimum atomic E-state index is -0.389. The molecule has 0 spiro atoms. The van der Waals surface area contributed by atoms with Gasteiger partial charge < -0.3 is 20.9 Å². The third-order valence-electron chi connectivity index (χ3n) is 3.42. The topological polar surface area (TPSA) is 100 Å². The number of carbonyl (C=O) groups is 1. The number of nitrogens with one attached hydrogen (secondary N) is 1. The first kappa shape index (κ1) is 15.3. The highest BCUT2D eigenvalue weighted by Gasteiger charge is 2.23. The molecule has 1 aromatic heterocycles. The number of hydrogen-bond acceptors (Lipinski definition) is 7. The van der Waals surface area contributed by atoms with Crippen molar-refractivity contribution in [1.29, 1.82) is 0 Å². The third kappa shape index (κ3) is 3.93. The Morgan fingerprint density at radius 1 is 1.24 bits per heavy atom. The smallest absolute Gasteiger partial charge is 0.244 e. The molecule has 1 aliphatic rings. The number of amides is 1. The number of anilines is 3. The summed E-state index contributed by atoms with van der Waals surface area (Å²) in [5, 5.41) is 3.01. The molecule has 8 nitrogen and oxygen atoms in total. The van der Waals surface area contributed by atoms with E-state index in [2.05, 4.69) is 20.3 Å². The summed E-state index contributed by atoms with van der Waals surface area (Å²) in [4.78, 5) is 28.3. The number of likely N-dealkylation sites (tertiary alicyclic amines) is 1. The molecular weight excluding hydrogens is 270 g/mol. The Morgan fingerprint density at radius 3 is 2.52 bits per heavy atom. The van der Waals surface area contributed by atoms with E-state index in [1.54, 1.807) is 4.90 Å². The van der Waals surface area contributed by atoms with E-state index >= 15 is 0 Å². The summed E-state index contributed by atoms with van der Waals surface area (Å²) in [6, 6.07) is -0.389. The molecule has 1 amide bonds. The van der Waals surface area contributed by atoms with E-state index in [9.17, 15) is 4.79 Å². The number of rotatable bonds is 4. The molecule has 21 heavy (non-hydrogen) atoms. The van der Waals surface area contributed by atoms with Gasteiger partial charge in [0, 0.05) is 27.2 Å². The van der Waals surface area contributed by atoms with Crippen LogP contribution in [0.1, 0.15) is 26.2 Å². The lowest BCUT2D eigenvalue weighted by molar-refractivity contribution is -0.132. The van der Waals surface area contributed by atoms with Gasteiger partial charge in [-0.2, -0.15) is 15.0 Å². The molecule has 1 aromatic rings. The average Bonchev–Trinajstić information content (AvgIpc) is 2.46. The van der Waals surface area contributed by atoms with E-state index in [1.165, 1.54) is 6.42 Å². The molecule has 1 unspecified atom stereocenters. The van der Waals surface area contributed by atoms with Gasteiger partial charge in [0.25, 0.3) is 0 Å². The number of nitrogens with zero attached hydrogens (tertiary/aromatic N) is 5. The first-order chi connectivity index (χ1) is 9.97. The Hall–Kier alpha value is -2.12. The maximum absolute atomic E-state index is 12.4. The summed E-state index contributed by atoms with van der Waals surface area (Å²) in [6.07, 6.45) is 3.34. The Morgan fingerprint density at radius 2 is 1.90 bits per heavy atom. The highest BCUT2D eigenvalue weighted by molar-refractivity contribution is 5.83. The molecule has 1 fully saturated rings. The van der Waals surface area contributed by atoms with Crippen LogP contribution in [-0.2, 0) is 4.79 Å². The van der Waals surface area contributed by atoms with Gasteiger partial charge >= 0.3 is 0 Å². The third-order valence-corrected chi connectivity index (χ3v) is 3.42. The summed E-state index contributed by atoms with van der Waals surface area (Å²) in [5.41, 5.74) is 5.67. The van der Waals surface area contributed by atoms with Crippen LogP contribution in [0.2, 0.25) is 0 Å². The molecule has 2 rings (SSSR count). The zero-order valence-corrected chi connectivity index (χ0v) is 12.8. The fourth-order valence-electron chi connectivity index (χ4n) is 2.29. The second kappa shape index (κ2) is 6.55. The van der Waals surface area contributed by atoms with Crippen LogP contribution < -0.4 is 16.0 Å². The molecule has 8 heteroatoms. The number of nitrogens with two attached hydrogens (primary N) is 1. The van der Waals surface area contributed by atoms with Crippen LogP contribution in [-0.4, -0.2) is 59.0 Å². The predicted molar refractivity (Wildman–Crippen MR) is 82.1 cm³/mol. The summed E-state index contributed by atoms with van der Waals surface area (Å²) < 4.78 is 0. The Kier molecular flexibility index (Phi) is 4.77. The van der Waals surface area contributed by atoms with Gasteiger partial charge in [0.2, 0.25) is 23.8 Å². The van der Waals surface area contributed by atoms with Crippen LogP contribution in [0, 0.1) is 0 Å². The van der Waals surface area contributed by atoms with Crippen molar-refractivity contribution in [2.45, 2.75) is 32.2 Å². The summed E-state index contributed by atoms with van der Waals surface area (Å²) in [5.74, 6) is 0.987. The van der Waals surface area contributed by atoms with E-state index in [0.717, 1.165) is 25.9 Å². The maximum atomic E-state index is 12.4. The van der Waals surface area contributed by atoms with Crippen molar-refractivity contribution in [3.05, 3.63) is 0 Å². The summed E-state index contributed by atoms with van der Waals surface area (Å²) in [6.45, 7) is 3.46. The SMILES string of the molecule is CC(Nc1nc(N)nc(N(C)C)n1)C(=O)N1CCCCC1. The van der Waals surface area contributed by atoms with Gasteiger partial charge in [-0.3, -0.25) is 4.79 Å². The van der Waals surface area contributed by atoms with Crippen LogP contribution in [0.3, 0.4) is 0 Å². The van der Waals surface area contributed by atoms with Crippen LogP contribution in [0.15, 0.2) is 0 Å². The van der Waals surface area contributed by atoms with Gasteiger partial charge in [-0.15, -0.1) is 0 Å². The largest absolute Gasteiger partial charge is 0.368 e. The van der Waals surface area contributed by atoms with Crippen LogP contribution >= 0.6 is 0 Å². The maximum Gasteiger partial charge on any atom is 0.244 e. The molecule has 0 bridgehead atoms. The molecule has 0 saturated carbocycles. The van der Waals surface area contributed by atoms with E-state index in [0.29, 0.717) is 11.9 Å². The second-order valence-corrected chi connectivity index (χ2v) is 5.46. The van der Waals surface area contributed by atoms with E-state index in [4.69, 9.17) is 5.73 Å². The molecule has 1 atom stereocenters. The first-order valence-corrected chi connectivity index (χ1v) is 7.21. The van der Waals surface area contributed by atoms with Gasteiger partial charge in [-0.05, 0) is 26.2 Å². The van der Waals surface area contributed by atoms with Gasteiger partial charge in [0.1, 0.15) is 6.04 Å². The Bertz CT molecular complexity index is 499. The molecular formula is C13H23N7O. The first-order valence-electron chi connectivity index (χ1n) is 7.21. The van der Waals surface area contributed by atoms with Gasteiger partial charge in [0.05, 0.1) is 0 Å². The quantitative estimate of drug-likeness (QED) is 0.825. The van der Waals surface area contributed by atoms with Gasteiger partial charge in [-0.25, -0.2) is 0 Å². The van der Waals surface area contributed by atoms with E-state index in [-0.39, 0.29) is 17.9 Å². The molecule has 0 radical (unpaired) electrons. The van der Waals surface area contributed by atoms with Gasteiger partial charge in [0.15, 0.2) is 0 Å². The Balaban J connectivity index is 2.04. The van der Waals surface area contributed by atoms with Crippen molar-refractivity contribution in [1.82, 2.24) is 19.9 Å². The van der Waals surface area contributed by atoms with Gasteiger partial charge in [-0.1, -0.05) is 0 Å². The van der Waals surface area contributed by atoms with Crippen molar-refractivity contribution in [3.63, 3.8) is 0 Å². The predicted octanol–water partition coefficient (Wildman–Crippen LogP) is 0.333. The minimum Gasteiger partial charge on any atom is -0.368 e. The minimum absolute atomic E-state index is 0.0695. The lowest BCUT2D eigenvalue weighted by Gasteiger charge is -2.29. The molecule has 1 saturated heterocycles.